The first-order chi connectivity index (χ1) is 9.85. The lowest BCUT2D eigenvalue weighted by atomic mass is 9.90. The first-order valence-electron chi connectivity index (χ1n) is 9.32. The van der Waals surface area contributed by atoms with E-state index in [1.54, 1.807) is 0 Å². The second-order valence-corrected chi connectivity index (χ2v) is 7.03. The maximum Gasteiger partial charge on any atom is 0.0249 e. The van der Waals surface area contributed by atoms with Crippen LogP contribution in [0.15, 0.2) is 0 Å². The van der Waals surface area contributed by atoms with Gasteiger partial charge in [0.25, 0.3) is 0 Å². The van der Waals surface area contributed by atoms with Crippen LogP contribution in [0.5, 0.6) is 0 Å². The van der Waals surface area contributed by atoms with Gasteiger partial charge < -0.3 is 5.32 Å². The quantitative estimate of drug-likeness (QED) is 0.734. The monoisotopic (exact) mass is 280 g/mol. The summed E-state index contributed by atoms with van der Waals surface area (Å²) in [6.07, 6.45) is 14.2. The van der Waals surface area contributed by atoms with Crippen molar-refractivity contribution >= 4 is 0 Å². The largest absolute Gasteiger partial charge is 0.312 e. The van der Waals surface area contributed by atoms with Crippen LogP contribution >= 0.6 is 0 Å². The van der Waals surface area contributed by atoms with Gasteiger partial charge in [-0.05, 0) is 57.7 Å². The van der Waals surface area contributed by atoms with Gasteiger partial charge in [0, 0.05) is 12.1 Å². The van der Waals surface area contributed by atoms with E-state index in [4.69, 9.17) is 0 Å². The molecule has 2 atom stereocenters. The molecule has 0 aromatic rings. The lowest BCUT2D eigenvalue weighted by Gasteiger charge is -2.41. The van der Waals surface area contributed by atoms with E-state index in [1.807, 2.05) is 0 Å². The van der Waals surface area contributed by atoms with E-state index in [0.29, 0.717) is 0 Å². The SMILES string of the molecule is CCCNC1CCCCCC1N1CCC(CCC)CC1. The topological polar surface area (TPSA) is 15.3 Å². The van der Waals surface area contributed by atoms with Gasteiger partial charge in [-0.3, -0.25) is 4.90 Å². The Kier molecular flexibility index (Phi) is 7.37. The molecule has 1 aliphatic heterocycles. The third-order valence-corrected chi connectivity index (χ3v) is 5.45. The minimum absolute atomic E-state index is 0.764. The molecule has 0 spiro atoms. The van der Waals surface area contributed by atoms with Crippen molar-refractivity contribution in [3.8, 4) is 0 Å². The van der Waals surface area contributed by atoms with E-state index in [1.165, 1.54) is 83.8 Å². The lowest BCUT2D eigenvalue weighted by molar-refractivity contribution is 0.0984. The van der Waals surface area contributed by atoms with Crippen molar-refractivity contribution < 1.29 is 0 Å². The summed E-state index contributed by atoms with van der Waals surface area (Å²) in [5, 5.41) is 3.85. The van der Waals surface area contributed by atoms with E-state index >= 15 is 0 Å². The fourth-order valence-corrected chi connectivity index (χ4v) is 4.27. The van der Waals surface area contributed by atoms with Crippen molar-refractivity contribution in [3.63, 3.8) is 0 Å². The molecule has 2 aliphatic rings. The van der Waals surface area contributed by atoms with Crippen molar-refractivity contribution in [3.05, 3.63) is 0 Å². The fraction of sp³-hybridized carbons (Fsp3) is 1.00. The summed E-state index contributed by atoms with van der Waals surface area (Å²) in [5.74, 6) is 1.02. The van der Waals surface area contributed by atoms with Crippen LogP contribution < -0.4 is 5.32 Å². The molecule has 0 aromatic heterocycles. The summed E-state index contributed by atoms with van der Waals surface area (Å²) in [4.78, 5) is 2.84. The van der Waals surface area contributed by atoms with Crippen LogP contribution in [0.25, 0.3) is 0 Å². The predicted molar refractivity (Wildman–Crippen MR) is 88.2 cm³/mol. The summed E-state index contributed by atoms with van der Waals surface area (Å²) in [6, 6.07) is 1.59. The molecular weight excluding hydrogens is 244 g/mol. The van der Waals surface area contributed by atoms with Crippen molar-refractivity contribution in [1.82, 2.24) is 10.2 Å². The van der Waals surface area contributed by atoms with E-state index in [9.17, 15) is 0 Å². The molecule has 20 heavy (non-hydrogen) atoms. The Balaban J connectivity index is 1.86. The summed E-state index contributed by atoms with van der Waals surface area (Å²) >= 11 is 0. The van der Waals surface area contributed by atoms with Crippen LogP contribution in [-0.2, 0) is 0 Å². The van der Waals surface area contributed by atoms with E-state index < -0.39 is 0 Å². The second kappa shape index (κ2) is 9.04. The molecule has 0 amide bonds. The van der Waals surface area contributed by atoms with Crippen molar-refractivity contribution in [2.24, 2.45) is 5.92 Å². The van der Waals surface area contributed by atoms with E-state index in [2.05, 4.69) is 24.1 Å². The Morgan fingerprint density at radius 1 is 0.900 bits per heavy atom. The minimum atomic E-state index is 0.764. The van der Waals surface area contributed by atoms with Crippen molar-refractivity contribution in [2.45, 2.75) is 90.1 Å². The number of rotatable bonds is 6. The molecule has 2 rings (SSSR count). The molecule has 118 valence electrons. The van der Waals surface area contributed by atoms with Gasteiger partial charge >= 0.3 is 0 Å². The molecule has 1 saturated carbocycles. The molecule has 1 saturated heterocycles. The fourth-order valence-electron chi connectivity index (χ4n) is 4.27. The third-order valence-electron chi connectivity index (χ3n) is 5.45. The highest BCUT2D eigenvalue weighted by Crippen LogP contribution is 2.28. The molecular formula is C18H36N2. The summed E-state index contributed by atoms with van der Waals surface area (Å²) in [6.45, 7) is 8.55. The van der Waals surface area contributed by atoms with Gasteiger partial charge in [-0.15, -0.1) is 0 Å². The molecule has 0 radical (unpaired) electrons. The predicted octanol–water partition coefficient (Wildman–Crippen LogP) is 4.20. The highest BCUT2D eigenvalue weighted by Gasteiger charge is 2.30. The number of likely N-dealkylation sites (tertiary alicyclic amines) is 1. The molecule has 2 nitrogen and oxygen atoms in total. The van der Waals surface area contributed by atoms with Gasteiger partial charge in [0.2, 0.25) is 0 Å². The first-order valence-corrected chi connectivity index (χ1v) is 9.32. The third kappa shape index (κ3) is 4.73. The number of piperidine rings is 1. The molecule has 2 fully saturated rings. The Bertz CT molecular complexity index is 246. The zero-order valence-electron chi connectivity index (χ0n) is 13.9. The highest BCUT2D eigenvalue weighted by atomic mass is 15.2. The van der Waals surface area contributed by atoms with Gasteiger partial charge in [0.1, 0.15) is 0 Å². The van der Waals surface area contributed by atoms with Crippen LogP contribution in [0.1, 0.15) is 78.1 Å². The average Bonchev–Trinajstić information content (AvgIpc) is 2.72. The maximum atomic E-state index is 3.85. The van der Waals surface area contributed by atoms with Crippen LogP contribution in [0.2, 0.25) is 0 Å². The average molecular weight is 280 g/mol. The van der Waals surface area contributed by atoms with Crippen molar-refractivity contribution in [1.29, 1.82) is 0 Å². The molecule has 2 unspecified atom stereocenters. The normalized spacial score (nSPS) is 30.3. The minimum Gasteiger partial charge on any atom is -0.312 e. The Labute approximate surface area is 126 Å². The van der Waals surface area contributed by atoms with Crippen molar-refractivity contribution in [2.75, 3.05) is 19.6 Å². The lowest BCUT2D eigenvalue weighted by Crippen LogP contribution is -2.52. The number of hydrogen-bond donors (Lipinski definition) is 1. The van der Waals surface area contributed by atoms with Gasteiger partial charge in [-0.2, -0.15) is 0 Å². The molecule has 1 heterocycles. The van der Waals surface area contributed by atoms with Crippen LogP contribution in [0, 0.1) is 5.92 Å². The van der Waals surface area contributed by atoms with Gasteiger partial charge in [-0.1, -0.05) is 46.0 Å². The summed E-state index contributed by atoms with van der Waals surface area (Å²) in [7, 11) is 0. The Hall–Kier alpha value is -0.0800. The smallest absolute Gasteiger partial charge is 0.0249 e. The maximum absolute atomic E-state index is 3.85. The standard InChI is InChI=1S/C18H36N2/c1-3-8-16-11-14-20(15-12-16)18-10-7-5-6-9-17(18)19-13-4-2/h16-19H,3-15H2,1-2H3. The highest BCUT2D eigenvalue weighted by molar-refractivity contribution is 4.89. The molecule has 0 bridgehead atoms. The number of hydrogen-bond acceptors (Lipinski definition) is 2. The summed E-state index contributed by atoms with van der Waals surface area (Å²) < 4.78 is 0. The zero-order valence-corrected chi connectivity index (χ0v) is 13.9. The molecule has 0 aromatic carbocycles. The molecule has 2 heteroatoms. The van der Waals surface area contributed by atoms with E-state index in [0.717, 1.165) is 18.0 Å². The van der Waals surface area contributed by atoms with E-state index in [-0.39, 0.29) is 0 Å². The second-order valence-electron chi connectivity index (χ2n) is 7.03. The number of nitrogens with zero attached hydrogens (tertiary/aromatic N) is 1. The summed E-state index contributed by atoms with van der Waals surface area (Å²) in [5.41, 5.74) is 0. The first kappa shape index (κ1) is 16.3. The number of nitrogens with one attached hydrogen (secondary N) is 1. The molecule has 1 N–H and O–H groups in total. The van der Waals surface area contributed by atoms with Gasteiger partial charge in [0.05, 0.1) is 0 Å². The van der Waals surface area contributed by atoms with Crippen LogP contribution in [0.4, 0.5) is 0 Å². The van der Waals surface area contributed by atoms with Gasteiger partial charge in [0.15, 0.2) is 0 Å². The van der Waals surface area contributed by atoms with Gasteiger partial charge in [-0.25, -0.2) is 0 Å². The Morgan fingerprint density at radius 3 is 2.35 bits per heavy atom. The zero-order chi connectivity index (χ0) is 14.2. The Morgan fingerprint density at radius 2 is 1.65 bits per heavy atom. The molecule has 1 aliphatic carbocycles. The van der Waals surface area contributed by atoms with Crippen LogP contribution in [-0.4, -0.2) is 36.6 Å². The van der Waals surface area contributed by atoms with Crippen LogP contribution in [0.3, 0.4) is 0 Å².